The molecule has 214 valence electrons. The Morgan fingerprint density at radius 1 is 0.850 bits per heavy atom. The second-order valence-electron chi connectivity index (χ2n) is 8.86. The summed E-state index contributed by atoms with van der Waals surface area (Å²) in [5.41, 5.74) is 1.71. The minimum atomic E-state index is -0.110. The highest BCUT2D eigenvalue weighted by molar-refractivity contribution is 5.94. The number of nitrogens with one attached hydrogen (secondary N) is 3. The van der Waals surface area contributed by atoms with E-state index in [2.05, 4.69) is 35.8 Å². The summed E-state index contributed by atoms with van der Waals surface area (Å²) < 4.78 is 21.9. The Labute approximate surface area is 234 Å². The molecule has 1 aliphatic heterocycles. The molecular weight excluding hydrogens is 514 g/mol. The van der Waals surface area contributed by atoms with Crippen LogP contribution in [0.2, 0.25) is 0 Å². The number of nitrogens with zero attached hydrogens (tertiary/aromatic N) is 4. The lowest BCUT2D eigenvalue weighted by Crippen LogP contribution is -2.37. The summed E-state index contributed by atoms with van der Waals surface area (Å²) in [6.07, 6.45) is 0. The average Bonchev–Trinajstić information content (AvgIpc) is 3.02. The maximum Gasteiger partial charge on any atom is 0.251 e. The summed E-state index contributed by atoms with van der Waals surface area (Å²) in [5, 5.41) is 9.35. The summed E-state index contributed by atoms with van der Waals surface area (Å²) in [7, 11) is 1.65. The van der Waals surface area contributed by atoms with Gasteiger partial charge in [0.1, 0.15) is 5.75 Å². The van der Waals surface area contributed by atoms with Crippen molar-refractivity contribution >= 4 is 23.8 Å². The van der Waals surface area contributed by atoms with Crippen LogP contribution < -0.4 is 25.6 Å². The Hall–Kier alpha value is -4.00. The zero-order valence-electron chi connectivity index (χ0n) is 22.8. The van der Waals surface area contributed by atoms with Gasteiger partial charge in [0.15, 0.2) is 0 Å². The van der Waals surface area contributed by atoms with Crippen molar-refractivity contribution < 1.29 is 23.7 Å². The van der Waals surface area contributed by atoms with Crippen molar-refractivity contribution in [2.75, 3.05) is 88.5 Å². The van der Waals surface area contributed by atoms with Gasteiger partial charge in [0.2, 0.25) is 17.8 Å². The minimum Gasteiger partial charge on any atom is -0.497 e. The predicted octanol–water partition coefficient (Wildman–Crippen LogP) is 2.20. The van der Waals surface area contributed by atoms with Gasteiger partial charge >= 0.3 is 0 Å². The van der Waals surface area contributed by atoms with E-state index >= 15 is 0 Å². The topological polar surface area (TPSA) is 132 Å². The first-order valence-electron chi connectivity index (χ1n) is 13.4. The number of hydrogen-bond donors (Lipinski definition) is 3. The monoisotopic (exact) mass is 551 g/mol. The lowest BCUT2D eigenvalue weighted by Gasteiger charge is -2.27. The average molecular weight is 552 g/mol. The number of benzene rings is 2. The molecule has 12 heteroatoms. The van der Waals surface area contributed by atoms with Crippen LogP contribution in [0, 0.1) is 0 Å². The fourth-order valence-electron chi connectivity index (χ4n) is 3.84. The molecule has 2 heterocycles. The third-order valence-corrected chi connectivity index (χ3v) is 6.00. The predicted molar refractivity (Wildman–Crippen MR) is 152 cm³/mol. The van der Waals surface area contributed by atoms with Gasteiger partial charge in [-0.1, -0.05) is 30.3 Å². The van der Waals surface area contributed by atoms with Crippen LogP contribution in [-0.2, 0) is 20.8 Å². The molecule has 0 aliphatic carbocycles. The molecule has 1 amide bonds. The molecule has 2 aromatic carbocycles. The van der Waals surface area contributed by atoms with Gasteiger partial charge in [0.25, 0.3) is 5.91 Å². The molecule has 0 atom stereocenters. The van der Waals surface area contributed by atoms with E-state index in [0.29, 0.717) is 82.7 Å². The molecule has 12 nitrogen and oxygen atoms in total. The lowest BCUT2D eigenvalue weighted by molar-refractivity contribution is 0.0519. The Kier molecular flexibility index (Phi) is 11.7. The SMILES string of the molecule is COc1ccc(CNc2nc(NCCOCCOCCNC(=O)c3ccccc3)nc(N3CCOCC3)n2)cc1. The molecule has 0 unspecified atom stereocenters. The number of carbonyl (C=O) groups is 1. The van der Waals surface area contributed by atoms with Crippen LogP contribution in [0.15, 0.2) is 54.6 Å². The Morgan fingerprint density at radius 2 is 1.52 bits per heavy atom. The van der Waals surface area contributed by atoms with Crippen molar-refractivity contribution in [2.45, 2.75) is 6.54 Å². The van der Waals surface area contributed by atoms with Gasteiger partial charge in [-0.2, -0.15) is 15.0 Å². The molecule has 1 aliphatic rings. The molecule has 0 saturated carbocycles. The van der Waals surface area contributed by atoms with Crippen molar-refractivity contribution in [1.82, 2.24) is 20.3 Å². The van der Waals surface area contributed by atoms with E-state index in [4.69, 9.17) is 18.9 Å². The Bertz CT molecular complexity index is 1160. The van der Waals surface area contributed by atoms with E-state index in [9.17, 15) is 4.79 Å². The maximum atomic E-state index is 12.0. The summed E-state index contributed by atoms with van der Waals surface area (Å²) >= 11 is 0. The normalized spacial score (nSPS) is 13.1. The van der Waals surface area contributed by atoms with Crippen LogP contribution in [0.4, 0.5) is 17.8 Å². The van der Waals surface area contributed by atoms with Crippen molar-refractivity contribution in [1.29, 1.82) is 0 Å². The maximum absolute atomic E-state index is 12.0. The number of rotatable bonds is 16. The van der Waals surface area contributed by atoms with E-state index in [1.54, 1.807) is 19.2 Å². The quantitative estimate of drug-likeness (QED) is 0.226. The Morgan fingerprint density at radius 3 is 2.23 bits per heavy atom. The van der Waals surface area contributed by atoms with Crippen LogP contribution in [0.5, 0.6) is 5.75 Å². The van der Waals surface area contributed by atoms with E-state index in [1.165, 1.54) is 0 Å². The lowest BCUT2D eigenvalue weighted by atomic mass is 10.2. The zero-order chi connectivity index (χ0) is 27.8. The fraction of sp³-hybridized carbons (Fsp3) is 0.429. The molecular formula is C28H37N7O5. The molecule has 3 aromatic rings. The summed E-state index contributed by atoms with van der Waals surface area (Å²) in [4.78, 5) is 27.9. The number of aromatic nitrogens is 3. The van der Waals surface area contributed by atoms with E-state index in [0.717, 1.165) is 24.4 Å². The first-order valence-corrected chi connectivity index (χ1v) is 13.4. The molecule has 1 saturated heterocycles. The molecule has 40 heavy (non-hydrogen) atoms. The standard InChI is InChI=1S/C28H37N7O5/c1-37-24-9-7-22(8-10-24)21-31-27-32-26(33-28(34-27)35-13-17-40-18-14-35)30-12-16-39-20-19-38-15-11-29-25(36)23-5-3-2-4-6-23/h2-10H,11-21H2,1H3,(H,29,36)(H2,30,31,32,33,34). The number of ether oxygens (including phenoxy) is 4. The fourth-order valence-corrected chi connectivity index (χ4v) is 3.84. The van der Waals surface area contributed by atoms with Gasteiger partial charge in [-0.25, -0.2) is 0 Å². The molecule has 1 fully saturated rings. The highest BCUT2D eigenvalue weighted by Gasteiger charge is 2.16. The zero-order valence-corrected chi connectivity index (χ0v) is 22.8. The van der Waals surface area contributed by atoms with Gasteiger partial charge in [0.05, 0.1) is 46.8 Å². The Balaban J connectivity index is 1.16. The van der Waals surface area contributed by atoms with Crippen molar-refractivity contribution in [2.24, 2.45) is 0 Å². The van der Waals surface area contributed by atoms with Gasteiger partial charge < -0.3 is 39.8 Å². The van der Waals surface area contributed by atoms with Gasteiger partial charge in [-0.05, 0) is 29.8 Å². The van der Waals surface area contributed by atoms with Crippen molar-refractivity contribution in [3.8, 4) is 5.75 Å². The number of morpholine rings is 1. The molecule has 0 bridgehead atoms. The largest absolute Gasteiger partial charge is 0.497 e. The minimum absolute atomic E-state index is 0.110. The summed E-state index contributed by atoms with van der Waals surface area (Å²) in [6.45, 7) is 6.01. The number of amides is 1. The summed E-state index contributed by atoms with van der Waals surface area (Å²) in [5.74, 6) is 2.27. The number of carbonyl (C=O) groups excluding carboxylic acids is 1. The highest BCUT2D eigenvalue weighted by Crippen LogP contribution is 2.17. The van der Waals surface area contributed by atoms with Gasteiger partial charge in [-0.3, -0.25) is 4.79 Å². The molecule has 0 spiro atoms. The molecule has 0 radical (unpaired) electrons. The van der Waals surface area contributed by atoms with Crippen LogP contribution >= 0.6 is 0 Å². The number of anilines is 3. The second kappa shape index (κ2) is 16.2. The first-order chi connectivity index (χ1) is 19.7. The first kappa shape index (κ1) is 29.0. The van der Waals surface area contributed by atoms with Gasteiger partial charge in [-0.15, -0.1) is 0 Å². The van der Waals surface area contributed by atoms with Crippen molar-refractivity contribution in [3.63, 3.8) is 0 Å². The molecule has 1 aromatic heterocycles. The van der Waals surface area contributed by atoms with E-state index < -0.39 is 0 Å². The van der Waals surface area contributed by atoms with E-state index in [1.807, 2.05) is 42.5 Å². The van der Waals surface area contributed by atoms with Crippen LogP contribution in [-0.4, -0.2) is 93.8 Å². The van der Waals surface area contributed by atoms with Crippen LogP contribution in [0.3, 0.4) is 0 Å². The third-order valence-electron chi connectivity index (χ3n) is 6.00. The van der Waals surface area contributed by atoms with E-state index in [-0.39, 0.29) is 5.91 Å². The smallest absolute Gasteiger partial charge is 0.251 e. The summed E-state index contributed by atoms with van der Waals surface area (Å²) in [6, 6.07) is 16.9. The second-order valence-corrected chi connectivity index (χ2v) is 8.86. The third kappa shape index (κ3) is 9.63. The molecule has 4 rings (SSSR count). The van der Waals surface area contributed by atoms with Crippen LogP contribution in [0.25, 0.3) is 0 Å². The van der Waals surface area contributed by atoms with Crippen molar-refractivity contribution in [3.05, 3.63) is 65.7 Å². The molecule has 3 N–H and O–H groups in total. The number of hydrogen-bond acceptors (Lipinski definition) is 11. The highest BCUT2D eigenvalue weighted by atomic mass is 16.5. The number of methoxy groups -OCH3 is 1. The van der Waals surface area contributed by atoms with Crippen LogP contribution in [0.1, 0.15) is 15.9 Å². The van der Waals surface area contributed by atoms with Gasteiger partial charge in [0, 0.05) is 38.3 Å².